The third-order valence-electron chi connectivity index (χ3n) is 6.03. The minimum Gasteiger partial charge on any atom is -0.392 e. The summed E-state index contributed by atoms with van der Waals surface area (Å²) in [4.78, 5) is 15.1. The van der Waals surface area contributed by atoms with E-state index in [2.05, 4.69) is 35.3 Å². The fraction of sp³-hybridized carbons (Fsp3) is 0.682. The molecule has 0 radical (unpaired) electrons. The molecule has 2 N–H and O–H groups in total. The van der Waals surface area contributed by atoms with Crippen LogP contribution in [0.1, 0.15) is 68.7 Å². The molecule has 0 bridgehead atoms. The number of aryl methyl sites for hydroxylation is 1. The molecule has 1 amide bonds. The van der Waals surface area contributed by atoms with Crippen LogP contribution in [0.15, 0.2) is 18.2 Å². The van der Waals surface area contributed by atoms with Gasteiger partial charge in [0.05, 0.1) is 18.7 Å². The van der Waals surface area contributed by atoms with Crippen molar-refractivity contribution in [2.24, 2.45) is 5.92 Å². The maximum atomic E-state index is 13.0. The molecule has 1 fully saturated rings. The lowest BCUT2D eigenvalue weighted by molar-refractivity contribution is -0.134. The second-order valence-corrected chi connectivity index (χ2v) is 8.05. The number of carbonyl (C=O) groups is 1. The number of amides is 1. The van der Waals surface area contributed by atoms with Gasteiger partial charge in [0.1, 0.15) is 0 Å². The Hall–Kier alpha value is -1.39. The quantitative estimate of drug-likeness (QED) is 0.821. The molecular weight excluding hydrogens is 324 g/mol. The van der Waals surface area contributed by atoms with E-state index in [-0.39, 0.29) is 11.9 Å². The second kappa shape index (κ2) is 9.01. The number of aliphatic hydroxyl groups is 1. The zero-order valence-corrected chi connectivity index (χ0v) is 16.3. The van der Waals surface area contributed by atoms with E-state index in [1.54, 1.807) is 6.92 Å². The van der Waals surface area contributed by atoms with Crippen LogP contribution in [-0.2, 0) is 17.6 Å². The minimum atomic E-state index is -0.425. The summed E-state index contributed by atoms with van der Waals surface area (Å²) in [5.74, 6) is 0.754. The molecule has 0 spiro atoms. The highest BCUT2D eigenvalue weighted by Crippen LogP contribution is 2.42. The van der Waals surface area contributed by atoms with Crippen molar-refractivity contribution in [3.63, 3.8) is 0 Å². The summed E-state index contributed by atoms with van der Waals surface area (Å²) in [6.45, 7) is 5.53. The van der Waals surface area contributed by atoms with Gasteiger partial charge in [0, 0.05) is 13.1 Å². The van der Waals surface area contributed by atoms with Gasteiger partial charge in [-0.3, -0.25) is 4.79 Å². The molecule has 26 heavy (non-hydrogen) atoms. The van der Waals surface area contributed by atoms with Crippen molar-refractivity contribution in [3.8, 4) is 0 Å². The highest BCUT2D eigenvalue weighted by molar-refractivity contribution is 5.79. The Kier molecular flexibility index (Phi) is 6.71. The molecule has 1 heterocycles. The van der Waals surface area contributed by atoms with Gasteiger partial charge in [0.25, 0.3) is 0 Å². The lowest BCUT2D eigenvalue weighted by atomic mass is 9.76. The van der Waals surface area contributed by atoms with Gasteiger partial charge in [-0.2, -0.15) is 0 Å². The van der Waals surface area contributed by atoms with E-state index in [0.717, 1.165) is 19.4 Å². The van der Waals surface area contributed by atoms with Gasteiger partial charge >= 0.3 is 0 Å². The minimum absolute atomic E-state index is 0.175. The first-order valence-electron chi connectivity index (χ1n) is 10.4. The van der Waals surface area contributed by atoms with Crippen LogP contribution in [-0.4, -0.2) is 41.7 Å². The molecule has 2 aliphatic rings. The van der Waals surface area contributed by atoms with Gasteiger partial charge in [-0.1, -0.05) is 44.4 Å². The number of rotatable bonds is 6. The van der Waals surface area contributed by atoms with Crippen LogP contribution >= 0.6 is 0 Å². The standard InChI is InChI=1S/C22H34N2O2/c1-3-17-9-10-18-11-12-24(21(26)15-23-14-16(2)25)22(20(18)13-17)19-7-5-4-6-8-19/h9-10,13,16,19,22-23,25H,3-8,11-12,14-15H2,1-2H3/t16-,22?/m1/s1. The third-order valence-corrected chi connectivity index (χ3v) is 6.03. The lowest BCUT2D eigenvalue weighted by Crippen LogP contribution is -2.47. The third kappa shape index (κ3) is 4.47. The molecule has 1 aromatic rings. The van der Waals surface area contributed by atoms with E-state index in [0.29, 0.717) is 19.0 Å². The topological polar surface area (TPSA) is 52.6 Å². The molecule has 0 aromatic heterocycles. The summed E-state index contributed by atoms with van der Waals surface area (Å²) in [5.41, 5.74) is 4.19. The van der Waals surface area contributed by atoms with Crippen molar-refractivity contribution in [3.05, 3.63) is 34.9 Å². The Labute approximate surface area is 158 Å². The first-order chi connectivity index (χ1) is 12.6. The van der Waals surface area contributed by atoms with Crippen LogP contribution in [0, 0.1) is 5.92 Å². The largest absolute Gasteiger partial charge is 0.392 e. The van der Waals surface area contributed by atoms with Gasteiger partial charge in [0.15, 0.2) is 0 Å². The summed E-state index contributed by atoms with van der Waals surface area (Å²) in [7, 11) is 0. The number of hydrogen-bond acceptors (Lipinski definition) is 3. The Morgan fingerprint density at radius 1 is 1.31 bits per heavy atom. The van der Waals surface area contributed by atoms with Crippen molar-refractivity contribution in [2.45, 2.75) is 70.9 Å². The van der Waals surface area contributed by atoms with Crippen molar-refractivity contribution in [1.82, 2.24) is 10.2 Å². The van der Waals surface area contributed by atoms with Crippen LogP contribution in [0.25, 0.3) is 0 Å². The number of fused-ring (bicyclic) bond motifs is 1. The zero-order chi connectivity index (χ0) is 18.5. The van der Waals surface area contributed by atoms with Gasteiger partial charge < -0.3 is 15.3 Å². The summed E-state index contributed by atoms with van der Waals surface area (Å²) in [5, 5.41) is 12.5. The van der Waals surface area contributed by atoms with E-state index in [9.17, 15) is 9.90 Å². The number of aliphatic hydroxyl groups excluding tert-OH is 1. The normalized spacial score (nSPS) is 22.1. The zero-order valence-electron chi connectivity index (χ0n) is 16.3. The second-order valence-electron chi connectivity index (χ2n) is 8.05. The number of nitrogens with zero attached hydrogens (tertiary/aromatic N) is 1. The molecule has 3 rings (SSSR count). The predicted octanol–water partition coefficient (Wildman–Crippen LogP) is 3.23. The van der Waals surface area contributed by atoms with E-state index in [4.69, 9.17) is 0 Å². The first-order valence-corrected chi connectivity index (χ1v) is 10.4. The Balaban J connectivity index is 1.84. The first kappa shape index (κ1) is 19.4. The maximum absolute atomic E-state index is 13.0. The molecule has 1 aromatic carbocycles. The van der Waals surface area contributed by atoms with Gasteiger partial charge in [0.2, 0.25) is 5.91 Å². The molecule has 4 nitrogen and oxygen atoms in total. The van der Waals surface area contributed by atoms with Crippen LogP contribution in [0.5, 0.6) is 0 Å². The summed E-state index contributed by atoms with van der Waals surface area (Å²) < 4.78 is 0. The van der Waals surface area contributed by atoms with E-state index in [1.165, 1.54) is 48.8 Å². The van der Waals surface area contributed by atoms with Crippen LogP contribution in [0.3, 0.4) is 0 Å². The monoisotopic (exact) mass is 358 g/mol. The Bertz CT molecular complexity index is 608. The fourth-order valence-corrected chi connectivity index (χ4v) is 4.64. The van der Waals surface area contributed by atoms with Gasteiger partial charge in [-0.15, -0.1) is 0 Å². The molecule has 4 heteroatoms. The summed E-state index contributed by atoms with van der Waals surface area (Å²) >= 11 is 0. The fourth-order valence-electron chi connectivity index (χ4n) is 4.64. The van der Waals surface area contributed by atoms with Crippen LogP contribution in [0.4, 0.5) is 0 Å². The average molecular weight is 359 g/mol. The molecular formula is C22H34N2O2. The molecule has 1 saturated carbocycles. The van der Waals surface area contributed by atoms with E-state index >= 15 is 0 Å². The van der Waals surface area contributed by atoms with Crippen molar-refractivity contribution >= 4 is 5.91 Å². The molecule has 144 valence electrons. The average Bonchev–Trinajstić information content (AvgIpc) is 2.66. The SMILES string of the molecule is CCc1ccc2c(c1)C(C1CCCCC1)N(C(=O)CNC[C@@H](C)O)CC2. The smallest absolute Gasteiger partial charge is 0.237 e. The molecule has 1 aliphatic carbocycles. The number of carbonyl (C=O) groups excluding carboxylic acids is 1. The molecule has 0 saturated heterocycles. The number of hydrogen-bond donors (Lipinski definition) is 2. The van der Waals surface area contributed by atoms with Gasteiger partial charge in [-0.05, 0) is 55.2 Å². The number of benzene rings is 1. The highest BCUT2D eigenvalue weighted by atomic mass is 16.3. The molecule has 1 unspecified atom stereocenters. The van der Waals surface area contributed by atoms with Crippen molar-refractivity contribution in [1.29, 1.82) is 0 Å². The highest BCUT2D eigenvalue weighted by Gasteiger charge is 2.36. The Morgan fingerprint density at radius 2 is 2.08 bits per heavy atom. The van der Waals surface area contributed by atoms with Crippen LogP contribution < -0.4 is 5.32 Å². The van der Waals surface area contributed by atoms with Gasteiger partial charge in [-0.25, -0.2) is 0 Å². The summed E-state index contributed by atoms with van der Waals surface area (Å²) in [6, 6.07) is 7.12. The van der Waals surface area contributed by atoms with E-state index in [1.807, 2.05) is 0 Å². The molecule has 2 atom stereocenters. The molecule has 1 aliphatic heterocycles. The van der Waals surface area contributed by atoms with E-state index < -0.39 is 6.10 Å². The predicted molar refractivity (Wildman–Crippen MR) is 105 cm³/mol. The van der Waals surface area contributed by atoms with Crippen molar-refractivity contribution < 1.29 is 9.90 Å². The summed E-state index contributed by atoms with van der Waals surface area (Å²) in [6.07, 6.45) is 7.91. The number of nitrogens with one attached hydrogen (secondary N) is 1. The van der Waals surface area contributed by atoms with Crippen molar-refractivity contribution in [2.75, 3.05) is 19.6 Å². The van der Waals surface area contributed by atoms with Crippen LogP contribution in [0.2, 0.25) is 0 Å². The Morgan fingerprint density at radius 3 is 2.77 bits per heavy atom. The maximum Gasteiger partial charge on any atom is 0.237 e. The lowest BCUT2D eigenvalue weighted by Gasteiger charge is -2.43.